The zero-order valence-corrected chi connectivity index (χ0v) is 19.0. The number of alkyl halides is 3. The number of hydrogen-bond donors (Lipinski definition) is 1. The van der Waals surface area contributed by atoms with Crippen LogP contribution in [0.2, 0.25) is 0 Å². The highest BCUT2D eigenvalue weighted by Gasteiger charge is 2.55. The maximum Gasteiger partial charge on any atom is 0.393 e. The van der Waals surface area contributed by atoms with Crippen LogP contribution in [0.4, 0.5) is 19.0 Å². The van der Waals surface area contributed by atoms with Crippen molar-refractivity contribution in [2.24, 2.45) is 11.3 Å². The van der Waals surface area contributed by atoms with E-state index in [2.05, 4.69) is 28.9 Å². The maximum atomic E-state index is 13.2. The van der Waals surface area contributed by atoms with Crippen LogP contribution >= 0.6 is 0 Å². The van der Waals surface area contributed by atoms with Gasteiger partial charge in [-0.3, -0.25) is 0 Å². The van der Waals surface area contributed by atoms with E-state index in [1.165, 1.54) is 5.56 Å². The molecule has 2 aromatic rings. The van der Waals surface area contributed by atoms with Gasteiger partial charge in [-0.05, 0) is 36.6 Å². The third-order valence-electron chi connectivity index (χ3n) is 7.14. The lowest BCUT2D eigenvalue weighted by Crippen LogP contribution is -2.63. The first-order chi connectivity index (χ1) is 14.9. The van der Waals surface area contributed by atoms with Crippen molar-refractivity contribution in [2.75, 3.05) is 38.1 Å². The molecule has 32 heavy (non-hydrogen) atoms. The van der Waals surface area contributed by atoms with Gasteiger partial charge >= 0.3 is 6.18 Å². The van der Waals surface area contributed by atoms with Crippen molar-refractivity contribution in [3.05, 3.63) is 53.2 Å². The van der Waals surface area contributed by atoms with Gasteiger partial charge < -0.3 is 14.9 Å². The Hall–Kier alpha value is -2.19. The molecule has 0 radical (unpaired) electrons. The van der Waals surface area contributed by atoms with E-state index >= 15 is 0 Å². The highest BCUT2D eigenvalue weighted by atomic mass is 19.4. The first-order valence-electron chi connectivity index (χ1n) is 11.1. The number of aromatic nitrogens is 2. The van der Waals surface area contributed by atoms with E-state index in [0.717, 1.165) is 5.56 Å². The molecule has 174 valence electrons. The minimum atomic E-state index is -4.22. The van der Waals surface area contributed by atoms with Gasteiger partial charge in [0.1, 0.15) is 5.60 Å². The fourth-order valence-electron chi connectivity index (χ4n) is 5.29. The average Bonchev–Trinajstić information content (AvgIpc) is 3.23. The van der Waals surface area contributed by atoms with Gasteiger partial charge in [0.15, 0.2) is 5.82 Å². The van der Waals surface area contributed by atoms with Crippen LogP contribution in [0.15, 0.2) is 36.5 Å². The van der Waals surface area contributed by atoms with E-state index in [1.54, 1.807) is 17.2 Å². The summed E-state index contributed by atoms with van der Waals surface area (Å²) in [7, 11) is 2.00. The Morgan fingerprint density at radius 2 is 1.78 bits per heavy atom. The first kappa shape index (κ1) is 23.0. The average molecular weight is 449 g/mol. The molecule has 2 fully saturated rings. The number of anilines is 1. The van der Waals surface area contributed by atoms with Crippen LogP contribution in [0.3, 0.4) is 0 Å². The third-order valence-corrected chi connectivity index (χ3v) is 7.14. The second-order valence-electron chi connectivity index (χ2n) is 10.00. The van der Waals surface area contributed by atoms with Crippen molar-refractivity contribution in [2.45, 2.75) is 44.9 Å². The molecular weight excluding hydrogens is 417 g/mol. The van der Waals surface area contributed by atoms with Crippen LogP contribution in [0.1, 0.15) is 49.8 Å². The summed E-state index contributed by atoms with van der Waals surface area (Å²) < 4.78 is 39.5. The second-order valence-corrected chi connectivity index (χ2v) is 10.00. The van der Waals surface area contributed by atoms with Gasteiger partial charge in [0.2, 0.25) is 0 Å². The summed E-state index contributed by atoms with van der Waals surface area (Å²) in [6.45, 7) is 7.78. The molecule has 1 N–H and O–H groups in total. The van der Waals surface area contributed by atoms with E-state index in [1.807, 2.05) is 38.2 Å². The molecule has 2 saturated heterocycles. The molecule has 0 amide bonds. The standard InChI is InChI=1S/C24H31F3N4O/c1-16(2)17-5-7-18(8-6-17)23(32,22(3)14-30(4)15-22)20-11-21(29-28-12-20)31-10-9-19(13-31)24(25,26)27/h5-8,11-12,16,19,32H,9-10,13-15H2,1-4H3/t19?,23-/m0/s1. The van der Waals surface area contributed by atoms with E-state index < -0.39 is 23.1 Å². The van der Waals surface area contributed by atoms with Gasteiger partial charge in [-0.25, -0.2) is 0 Å². The van der Waals surface area contributed by atoms with Crippen LogP contribution in [-0.2, 0) is 5.60 Å². The van der Waals surface area contributed by atoms with E-state index in [-0.39, 0.29) is 19.5 Å². The lowest BCUT2D eigenvalue weighted by molar-refractivity contribution is -0.168. The first-order valence-corrected chi connectivity index (χ1v) is 11.1. The molecule has 0 aliphatic carbocycles. The van der Waals surface area contributed by atoms with E-state index in [9.17, 15) is 18.3 Å². The fraction of sp³-hybridized carbons (Fsp3) is 0.583. The van der Waals surface area contributed by atoms with Crippen LogP contribution < -0.4 is 4.90 Å². The molecule has 3 heterocycles. The Morgan fingerprint density at radius 3 is 2.31 bits per heavy atom. The number of aliphatic hydroxyl groups is 1. The summed E-state index contributed by atoms with van der Waals surface area (Å²) in [5, 5.41) is 20.4. The summed E-state index contributed by atoms with van der Waals surface area (Å²) in [5.74, 6) is -0.621. The van der Waals surface area contributed by atoms with Gasteiger partial charge in [0.25, 0.3) is 0 Å². The summed E-state index contributed by atoms with van der Waals surface area (Å²) in [6, 6.07) is 9.68. The minimum Gasteiger partial charge on any atom is -0.380 e. The largest absolute Gasteiger partial charge is 0.393 e. The molecule has 0 bridgehead atoms. The summed E-state index contributed by atoms with van der Waals surface area (Å²) in [5.41, 5.74) is 0.678. The highest BCUT2D eigenvalue weighted by molar-refractivity contribution is 5.47. The Morgan fingerprint density at radius 1 is 1.12 bits per heavy atom. The van der Waals surface area contributed by atoms with Gasteiger partial charge in [-0.2, -0.15) is 18.3 Å². The van der Waals surface area contributed by atoms with Crippen LogP contribution in [0.25, 0.3) is 0 Å². The van der Waals surface area contributed by atoms with Crippen molar-refractivity contribution in [3.8, 4) is 0 Å². The van der Waals surface area contributed by atoms with Crippen molar-refractivity contribution < 1.29 is 18.3 Å². The smallest absolute Gasteiger partial charge is 0.380 e. The lowest BCUT2D eigenvalue weighted by atomic mass is 9.62. The highest BCUT2D eigenvalue weighted by Crippen LogP contribution is 2.50. The third kappa shape index (κ3) is 3.88. The summed E-state index contributed by atoms with van der Waals surface area (Å²) in [6.07, 6.45) is -2.64. The lowest BCUT2D eigenvalue weighted by Gasteiger charge is -2.55. The number of hydrogen-bond acceptors (Lipinski definition) is 5. The van der Waals surface area contributed by atoms with Gasteiger partial charge in [0, 0.05) is 37.2 Å². The van der Waals surface area contributed by atoms with E-state index in [0.29, 0.717) is 30.4 Å². The predicted octanol–water partition coefficient (Wildman–Crippen LogP) is 4.18. The number of likely N-dealkylation sites (tertiary alicyclic amines) is 1. The maximum absolute atomic E-state index is 13.2. The quantitative estimate of drug-likeness (QED) is 0.744. The van der Waals surface area contributed by atoms with Crippen LogP contribution in [-0.4, -0.2) is 59.6 Å². The fourth-order valence-corrected chi connectivity index (χ4v) is 5.29. The molecule has 8 heteroatoms. The van der Waals surface area contributed by atoms with Crippen molar-refractivity contribution in [1.29, 1.82) is 0 Å². The van der Waals surface area contributed by atoms with Crippen LogP contribution in [0, 0.1) is 11.3 Å². The number of halogens is 3. The van der Waals surface area contributed by atoms with Gasteiger partial charge in [-0.15, -0.1) is 5.10 Å². The van der Waals surface area contributed by atoms with Crippen molar-refractivity contribution in [3.63, 3.8) is 0 Å². The zero-order valence-electron chi connectivity index (χ0n) is 19.0. The Labute approximate surface area is 187 Å². The van der Waals surface area contributed by atoms with Gasteiger partial charge in [-0.1, -0.05) is 45.0 Å². The summed E-state index contributed by atoms with van der Waals surface area (Å²) >= 11 is 0. The Bertz CT molecular complexity index is 956. The molecule has 0 saturated carbocycles. The Kier molecular flexibility index (Phi) is 5.74. The molecule has 5 nitrogen and oxygen atoms in total. The van der Waals surface area contributed by atoms with E-state index in [4.69, 9.17) is 0 Å². The van der Waals surface area contributed by atoms with Crippen molar-refractivity contribution >= 4 is 5.82 Å². The molecule has 2 aliphatic rings. The summed E-state index contributed by atoms with van der Waals surface area (Å²) in [4.78, 5) is 3.75. The number of rotatable bonds is 5. The molecule has 0 spiro atoms. The van der Waals surface area contributed by atoms with Crippen LogP contribution in [0.5, 0.6) is 0 Å². The molecular formula is C24H31F3N4O. The Balaban J connectivity index is 1.72. The van der Waals surface area contributed by atoms with Gasteiger partial charge in [0.05, 0.1) is 12.1 Å². The predicted molar refractivity (Wildman–Crippen MR) is 118 cm³/mol. The molecule has 1 aromatic heterocycles. The molecule has 4 rings (SSSR count). The molecule has 1 aromatic carbocycles. The minimum absolute atomic E-state index is 0.0405. The molecule has 2 atom stereocenters. The number of nitrogens with zero attached hydrogens (tertiary/aromatic N) is 4. The SMILES string of the molecule is CC(C)c1ccc([C@](O)(c2cnnc(N3CCC(C(F)(F)F)C3)c2)C2(C)CN(C)C2)cc1. The molecule has 2 aliphatic heterocycles. The van der Waals surface area contributed by atoms with Crippen molar-refractivity contribution in [1.82, 2.24) is 15.1 Å². The molecule has 1 unspecified atom stereocenters. The monoisotopic (exact) mass is 448 g/mol. The second kappa shape index (κ2) is 7.99. The zero-order chi connectivity index (χ0) is 23.3. The number of benzene rings is 1. The normalized spacial score (nSPS) is 23.3. The topological polar surface area (TPSA) is 52.5 Å².